The Labute approximate surface area is 114 Å². The lowest BCUT2D eigenvalue weighted by Gasteiger charge is -2.02. The Morgan fingerprint density at radius 2 is 1.06 bits per heavy atom. The third kappa shape index (κ3) is 17.9. The average Bonchev–Trinajstić information content (AvgIpc) is 2.30. The van der Waals surface area contributed by atoms with Crippen molar-refractivity contribution >= 4 is 5.97 Å². The largest absolute Gasteiger partial charge is 0.481 e. The Balaban J connectivity index is 0. The molecule has 0 spiro atoms. The summed E-state index contributed by atoms with van der Waals surface area (Å²) < 4.78 is 0. The van der Waals surface area contributed by atoms with Crippen LogP contribution in [0.2, 0.25) is 0 Å². The van der Waals surface area contributed by atoms with E-state index >= 15 is 0 Å². The molecule has 110 valence electrons. The van der Waals surface area contributed by atoms with Crippen molar-refractivity contribution in [2.45, 2.75) is 97.8 Å². The molecule has 0 atom stereocenters. The SMILES string of the molecule is C.CCCCCCCCCCCCCCC(=O)O. The third-order valence-electron chi connectivity index (χ3n) is 3.24. The molecule has 0 fully saturated rings. The number of carbonyl (C=O) groups is 1. The molecule has 0 aromatic carbocycles. The van der Waals surface area contributed by atoms with E-state index in [1.54, 1.807) is 0 Å². The number of hydrogen-bond donors (Lipinski definition) is 1. The zero-order chi connectivity index (χ0) is 12.8. The zero-order valence-electron chi connectivity index (χ0n) is 11.5. The Hall–Kier alpha value is -0.530. The third-order valence-corrected chi connectivity index (χ3v) is 3.24. The van der Waals surface area contributed by atoms with Crippen molar-refractivity contribution in [1.82, 2.24) is 0 Å². The molecule has 0 unspecified atom stereocenters. The van der Waals surface area contributed by atoms with Gasteiger partial charge in [-0.15, -0.1) is 0 Å². The van der Waals surface area contributed by atoms with Gasteiger partial charge in [0.15, 0.2) is 0 Å². The summed E-state index contributed by atoms with van der Waals surface area (Å²) in [4.78, 5) is 10.3. The first kappa shape index (κ1) is 19.8. The highest BCUT2D eigenvalue weighted by Crippen LogP contribution is 2.12. The first-order valence-electron chi connectivity index (χ1n) is 7.49. The molecule has 0 radical (unpaired) electrons. The van der Waals surface area contributed by atoms with Gasteiger partial charge in [-0.05, 0) is 6.42 Å². The maximum absolute atomic E-state index is 10.3. The van der Waals surface area contributed by atoms with E-state index < -0.39 is 5.97 Å². The summed E-state index contributed by atoms with van der Waals surface area (Å²) >= 11 is 0. The molecule has 0 saturated carbocycles. The molecule has 0 aliphatic heterocycles. The van der Waals surface area contributed by atoms with Crippen molar-refractivity contribution in [3.63, 3.8) is 0 Å². The highest BCUT2D eigenvalue weighted by molar-refractivity contribution is 5.66. The van der Waals surface area contributed by atoms with E-state index in [1.165, 1.54) is 64.2 Å². The van der Waals surface area contributed by atoms with Gasteiger partial charge in [0.2, 0.25) is 0 Å². The second-order valence-electron chi connectivity index (χ2n) is 5.03. The van der Waals surface area contributed by atoms with E-state index in [-0.39, 0.29) is 7.43 Å². The van der Waals surface area contributed by atoms with E-state index in [4.69, 9.17) is 5.11 Å². The molecule has 0 amide bonds. The van der Waals surface area contributed by atoms with Crippen molar-refractivity contribution in [1.29, 1.82) is 0 Å². The van der Waals surface area contributed by atoms with Crippen molar-refractivity contribution in [3.05, 3.63) is 0 Å². The van der Waals surface area contributed by atoms with Crippen LogP contribution in [-0.2, 0) is 4.79 Å². The topological polar surface area (TPSA) is 37.3 Å². The molecule has 2 heteroatoms. The summed E-state index contributed by atoms with van der Waals surface area (Å²) in [5.41, 5.74) is 0. The van der Waals surface area contributed by atoms with E-state index in [2.05, 4.69) is 6.92 Å². The Morgan fingerprint density at radius 3 is 1.39 bits per heavy atom. The van der Waals surface area contributed by atoms with E-state index in [1.807, 2.05) is 0 Å². The standard InChI is InChI=1S/C15H30O2.CH4/c1-2-3-4-5-6-7-8-9-10-11-12-13-14-15(16)17;/h2-14H2,1H3,(H,16,17);1H4. The monoisotopic (exact) mass is 258 g/mol. The van der Waals surface area contributed by atoms with Crippen LogP contribution >= 0.6 is 0 Å². The van der Waals surface area contributed by atoms with Crippen LogP contribution < -0.4 is 0 Å². The number of aliphatic carboxylic acids is 1. The molecule has 0 aliphatic rings. The normalized spacial score (nSPS) is 10.1. The summed E-state index contributed by atoms with van der Waals surface area (Å²) in [6.07, 6.45) is 15.8. The molecule has 0 rings (SSSR count). The first-order valence-corrected chi connectivity index (χ1v) is 7.49. The number of rotatable bonds is 13. The summed E-state index contributed by atoms with van der Waals surface area (Å²) in [5, 5.41) is 8.47. The van der Waals surface area contributed by atoms with Gasteiger partial charge in [-0.2, -0.15) is 0 Å². The van der Waals surface area contributed by atoms with E-state index in [9.17, 15) is 4.79 Å². The van der Waals surface area contributed by atoms with Gasteiger partial charge in [0, 0.05) is 6.42 Å². The summed E-state index contributed by atoms with van der Waals surface area (Å²) in [7, 11) is 0. The molecule has 0 aliphatic carbocycles. The van der Waals surface area contributed by atoms with Crippen LogP contribution in [0.25, 0.3) is 0 Å². The van der Waals surface area contributed by atoms with Crippen molar-refractivity contribution in [2.24, 2.45) is 0 Å². The minimum Gasteiger partial charge on any atom is -0.481 e. The fourth-order valence-corrected chi connectivity index (χ4v) is 2.12. The van der Waals surface area contributed by atoms with Crippen LogP contribution in [0.3, 0.4) is 0 Å². The predicted octanol–water partition coefficient (Wildman–Crippen LogP) is 5.80. The van der Waals surface area contributed by atoms with Gasteiger partial charge in [0.1, 0.15) is 0 Å². The fraction of sp³-hybridized carbons (Fsp3) is 0.938. The van der Waals surface area contributed by atoms with Gasteiger partial charge in [0.25, 0.3) is 0 Å². The molecular formula is C16H34O2. The van der Waals surface area contributed by atoms with Crippen LogP contribution in [0.4, 0.5) is 0 Å². The highest BCUT2D eigenvalue weighted by atomic mass is 16.4. The molecule has 18 heavy (non-hydrogen) atoms. The van der Waals surface area contributed by atoms with Gasteiger partial charge in [-0.1, -0.05) is 85.0 Å². The van der Waals surface area contributed by atoms with Crippen LogP contribution in [0.15, 0.2) is 0 Å². The fourth-order valence-electron chi connectivity index (χ4n) is 2.12. The second-order valence-corrected chi connectivity index (χ2v) is 5.03. The van der Waals surface area contributed by atoms with Gasteiger partial charge in [-0.25, -0.2) is 0 Å². The smallest absolute Gasteiger partial charge is 0.303 e. The zero-order valence-corrected chi connectivity index (χ0v) is 11.5. The lowest BCUT2D eigenvalue weighted by atomic mass is 10.0. The number of unbranched alkanes of at least 4 members (excludes halogenated alkanes) is 11. The number of hydrogen-bond acceptors (Lipinski definition) is 1. The van der Waals surface area contributed by atoms with Crippen LogP contribution in [0, 0.1) is 0 Å². The minimum atomic E-state index is -0.655. The molecule has 1 N–H and O–H groups in total. The Bertz CT molecular complexity index is 166. The van der Waals surface area contributed by atoms with Crippen molar-refractivity contribution in [2.75, 3.05) is 0 Å². The molecule has 0 bridgehead atoms. The molecule has 0 heterocycles. The van der Waals surface area contributed by atoms with Crippen molar-refractivity contribution in [3.8, 4) is 0 Å². The van der Waals surface area contributed by atoms with Crippen LogP contribution in [-0.4, -0.2) is 11.1 Å². The highest BCUT2D eigenvalue weighted by Gasteiger charge is 1.96. The lowest BCUT2D eigenvalue weighted by Crippen LogP contribution is -1.93. The Kier molecular flexibility index (Phi) is 18.1. The summed E-state index contributed by atoms with van der Waals surface area (Å²) in [6.45, 7) is 2.25. The van der Waals surface area contributed by atoms with Gasteiger partial charge in [-0.3, -0.25) is 4.79 Å². The van der Waals surface area contributed by atoms with Gasteiger partial charge < -0.3 is 5.11 Å². The first-order chi connectivity index (χ1) is 8.27. The minimum absolute atomic E-state index is 0. The number of carboxylic acid groups (broad SMARTS) is 1. The molecular weight excluding hydrogens is 224 g/mol. The molecule has 0 saturated heterocycles. The Morgan fingerprint density at radius 1 is 0.722 bits per heavy atom. The van der Waals surface area contributed by atoms with E-state index in [0.717, 1.165) is 12.8 Å². The molecule has 0 aromatic rings. The maximum atomic E-state index is 10.3. The van der Waals surface area contributed by atoms with Crippen LogP contribution in [0.5, 0.6) is 0 Å². The van der Waals surface area contributed by atoms with Gasteiger partial charge >= 0.3 is 5.97 Å². The van der Waals surface area contributed by atoms with Crippen molar-refractivity contribution < 1.29 is 9.90 Å². The maximum Gasteiger partial charge on any atom is 0.303 e. The molecule has 0 aromatic heterocycles. The quantitative estimate of drug-likeness (QED) is 0.424. The summed E-state index contributed by atoms with van der Waals surface area (Å²) in [6, 6.07) is 0. The average molecular weight is 258 g/mol. The van der Waals surface area contributed by atoms with Gasteiger partial charge in [0.05, 0.1) is 0 Å². The lowest BCUT2D eigenvalue weighted by molar-refractivity contribution is -0.137. The summed E-state index contributed by atoms with van der Waals surface area (Å²) in [5.74, 6) is -0.655. The second kappa shape index (κ2) is 16.5. The van der Waals surface area contributed by atoms with E-state index in [0.29, 0.717) is 6.42 Å². The number of carboxylic acids is 1. The molecule has 2 nitrogen and oxygen atoms in total. The predicted molar refractivity (Wildman–Crippen MR) is 80.1 cm³/mol. The van der Waals surface area contributed by atoms with Crippen LogP contribution in [0.1, 0.15) is 97.8 Å².